The van der Waals surface area contributed by atoms with Crippen molar-refractivity contribution in [2.24, 2.45) is 5.10 Å². The van der Waals surface area contributed by atoms with Crippen LogP contribution in [0.15, 0.2) is 68.6 Å². The number of nitro groups is 1. The van der Waals surface area contributed by atoms with Crippen LogP contribution in [0.1, 0.15) is 16.1 Å². The Kier molecular flexibility index (Phi) is 5.38. The van der Waals surface area contributed by atoms with Crippen molar-refractivity contribution in [1.82, 2.24) is 4.98 Å². The number of hydrazone groups is 1. The second-order valence-corrected chi connectivity index (χ2v) is 7.84. The van der Waals surface area contributed by atoms with Crippen LogP contribution in [0, 0.1) is 15.9 Å². The average Bonchev–Trinajstić information content (AvgIpc) is 3.35. The Morgan fingerprint density at radius 2 is 2.10 bits per heavy atom. The number of benzene rings is 2. The van der Waals surface area contributed by atoms with Crippen molar-refractivity contribution in [2.75, 3.05) is 5.01 Å². The third-order valence-electron chi connectivity index (χ3n) is 3.88. The van der Waals surface area contributed by atoms with Gasteiger partial charge in [0.05, 0.1) is 22.5 Å². The summed E-state index contributed by atoms with van der Waals surface area (Å²) in [6.07, 6.45) is 1.18. The molecule has 4 aromatic rings. The summed E-state index contributed by atoms with van der Waals surface area (Å²) in [6.45, 7) is 0. The van der Waals surface area contributed by atoms with Crippen LogP contribution in [0.5, 0.6) is 0 Å². The molecule has 2 aromatic heterocycles. The van der Waals surface area contributed by atoms with Crippen LogP contribution in [0.25, 0.3) is 10.2 Å². The Balaban J connectivity index is 1.75. The number of fused-ring (bicyclic) bond motifs is 1. The van der Waals surface area contributed by atoms with Crippen molar-refractivity contribution in [3.8, 4) is 0 Å². The first-order chi connectivity index (χ1) is 14.4. The summed E-state index contributed by atoms with van der Waals surface area (Å²) in [7, 11) is 0. The number of nitrogens with zero attached hydrogens (tertiary/aromatic N) is 4. The maximum absolute atomic E-state index is 13.5. The highest BCUT2D eigenvalue weighted by Crippen LogP contribution is 2.31. The lowest BCUT2D eigenvalue weighted by Crippen LogP contribution is -2.25. The molecule has 0 aliphatic heterocycles. The highest BCUT2D eigenvalue weighted by Gasteiger charge is 2.22. The molecular weight excluding hydrogens is 479 g/mol. The molecule has 0 fully saturated rings. The molecule has 8 nitrogen and oxygen atoms in total. The second kappa shape index (κ2) is 8.13. The van der Waals surface area contributed by atoms with Crippen LogP contribution < -0.4 is 5.01 Å². The van der Waals surface area contributed by atoms with Gasteiger partial charge in [0.1, 0.15) is 10.7 Å². The first kappa shape index (κ1) is 19.9. The molecule has 4 rings (SSSR count). The summed E-state index contributed by atoms with van der Waals surface area (Å²) < 4.78 is 19.8. The second-order valence-electron chi connectivity index (χ2n) is 5.91. The van der Waals surface area contributed by atoms with Gasteiger partial charge in [-0.25, -0.2) is 9.37 Å². The molecule has 0 atom stereocenters. The van der Waals surface area contributed by atoms with Crippen molar-refractivity contribution < 1.29 is 18.5 Å². The van der Waals surface area contributed by atoms with E-state index in [9.17, 15) is 19.3 Å². The van der Waals surface area contributed by atoms with Crippen LogP contribution in [-0.2, 0) is 0 Å². The summed E-state index contributed by atoms with van der Waals surface area (Å²) in [5, 5.41) is 16.2. The first-order valence-corrected chi connectivity index (χ1v) is 9.96. The number of furan rings is 1. The number of thiazole rings is 1. The number of hydrogen-bond acceptors (Lipinski definition) is 7. The van der Waals surface area contributed by atoms with Gasteiger partial charge >= 0.3 is 5.88 Å². The van der Waals surface area contributed by atoms with Crippen LogP contribution >= 0.6 is 27.3 Å². The van der Waals surface area contributed by atoms with E-state index in [4.69, 9.17) is 4.42 Å². The Morgan fingerprint density at radius 3 is 2.83 bits per heavy atom. The highest BCUT2D eigenvalue weighted by molar-refractivity contribution is 9.10. The van der Waals surface area contributed by atoms with Crippen molar-refractivity contribution in [3.05, 3.63) is 86.3 Å². The van der Waals surface area contributed by atoms with Crippen molar-refractivity contribution in [1.29, 1.82) is 0 Å². The predicted molar refractivity (Wildman–Crippen MR) is 113 cm³/mol. The zero-order chi connectivity index (χ0) is 21.3. The molecule has 0 unspecified atom stereocenters. The third kappa shape index (κ3) is 4.11. The molecule has 0 bridgehead atoms. The van der Waals surface area contributed by atoms with E-state index in [0.29, 0.717) is 20.3 Å². The number of amides is 1. The smallest absolute Gasteiger partial charge is 0.400 e. The van der Waals surface area contributed by atoms with Gasteiger partial charge in [-0.05, 0) is 42.5 Å². The average molecular weight is 489 g/mol. The topological polar surface area (TPSA) is 102 Å². The molecule has 0 spiro atoms. The summed E-state index contributed by atoms with van der Waals surface area (Å²) in [6, 6.07) is 13.3. The number of hydrogen-bond donors (Lipinski definition) is 0. The van der Waals surface area contributed by atoms with E-state index in [0.717, 1.165) is 16.3 Å². The van der Waals surface area contributed by atoms with Gasteiger partial charge in [-0.3, -0.25) is 14.9 Å². The van der Waals surface area contributed by atoms with E-state index in [2.05, 4.69) is 26.0 Å². The van der Waals surface area contributed by atoms with Crippen LogP contribution in [0.4, 0.5) is 15.4 Å². The van der Waals surface area contributed by atoms with Gasteiger partial charge in [-0.2, -0.15) is 10.1 Å². The first-order valence-electron chi connectivity index (χ1n) is 8.35. The molecule has 150 valence electrons. The summed E-state index contributed by atoms with van der Waals surface area (Å²) in [5.74, 6) is -1.28. The van der Waals surface area contributed by atoms with Crippen LogP contribution in [0.2, 0.25) is 0 Å². The van der Waals surface area contributed by atoms with E-state index < -0.39 is 22.5 Å². The number of aromatic nitrogens is 1. The fraction of sp³-hybridized carbons (Fsp3) is 0. The maximum atomic E-state index is 13.5. The van der Waals surface area contributed by atoms with Crippen LogP contribution in [-0.4, -0.2) is 22.0 Å². The normalized spacial score (nSPS) is 11.3. The number of halogens is 2. The molecule has 11 heteroatoms. The standard InChI is InChI=1S/C19H10BrFN4O4S/c20-12-3-1-2-11(8-12)18(26)24(22-10-14-5-7-17(29-14)25(27)28)19-23-15-6-4-13(21)9-16(15)30-19/h1-10H/b22-10+. The van der Waals surface area contributed by atoms with E-state index in [1.54, 1.807) is 24.3 Å². The fourth-order valence-corrected chi connectivity index (χ4v) is 3.88. The van der Waals surface area contributed by atoms with Gasteiger partial charge in [0.25, 0.3) is 5.91 Å². The summed E-state index contributed by atoms with van der Waals surface area (Å²) in [5.41, 5.74) is 0.838. The van der Waals surface area contributed by atoms with Gasteiger partial charge in [-0.1, -0.05) is 33.3 Å². The van der Waals surface area contributed by atoms with E-state index in [1.807, 2.05) is 0 Å². The molecular formula is C19H10BrFN4O4S. The van der Waals surface area contributed by atoms with Crippen LogP contribution in [0.3, 0.4) is 0 Å². The minimum Gasteiger partial charge on any atom is -0.400 e. The van der Waals surface area contributed by atoms with E-state index in [1.165, 1.54) is 36.5 Å². The fourth-order valence-electron chi connectivity index (χ4n) is 2.53. The lowest BCUT2D eigenvalue weighted by Gasteiger charge is -2.13. The Bertz CT molecular complexity index is 1300. The molecule has 30 heavy (non-hydrogen) atoms. The maximum Gasteiger partial charge on any atom is 0.433 e. The van der Waals surface area contributed by atoms with Gasteiger partial charge in [0.15, 0.2) is 5.76 Å². The largest absolute Gasteiger partial charge is 0.433 e. The number of rotatable bonds is 5. The molecule has 0 aliphatic carbocycles. The molecule has 1 amide bonds. The van der Waals surface area contributed by atoms with E-state index in [-0.39, 0.29) is 10.9 Å². The number of carbonyl (C=O) groups excluding carboxylic acids is 1. The molecule has 0 N–H and O–H groups in total. The van der Waals surface area contributed by atoms with E-state index >= 15 is 0 Å². The lowest BCUT2D eigenvalue weighted by molar-refractivity contribution is -0.402. The number of anilines is 1. The molecule has 0 saturated carbocycles. The van der Waals surface area contributed by atoms with Crippen molar-refractivity contribution >= 4 is 60.6 Å². The quantitative estimate of drug-likeness (QED) is 0.213. The van der Waals surface area contributed by atoms with Gasteiger partial charge in [0, 0.05) is 10.0 Å². The molecule has 2 aromatic carbocycles. The highest BCUT2D eigenvalue weighted by atomic mass is 79.9. The van der Waals surface area contributed by atoms with Gasteiger partial charge < -0.3 is 4.42 Å². The monoisotopic (exact) mass is 488 g/mol. The predicted octanol–water partition coefficient (Wildman–Crippen LogP) is 5.38. The minimum atomic E-state index is -0.677. The molecule has 0 saturated heterocycles. The van der Waals surface area contributed by atoms with Crippen molar-refractivity contribution in [3.63, 3.8) is 0 Å². The zero-order valence-electron chi connectivity index (χ0n) is 14.9. The number of carbonyl (C=O) groups is 1. The molecule has 0 radical (unpaired) electrons. The third-order valence-corrected chi connectivity index (χ3v) is 5.36. The lowest BCUT2D eigenvalue weighted by atomic mass is 10.2. The minimum absolute atomic E-state index is 0.0842. The SMILES string of the molecule is O=C(c1cccc(Br)c1)N(/N=C/c1ccc([N+](=O)[O-])o1)c1nc2ccc(F)cc2s1. The molecule has 0 aliphatic rings. The zero-order valence-corrected chi connectivity index (χ0v) is 17.3. The Hall–Kier alpha value is -3.44. The summed E-state index contributed by atoms with van der Waals surface area (Å²) in [4.78, 5) is 27.6. The van der Waals surface area contributed by atoms with Crippen molar-refractivity contribution in [2.45, 2.75) is 0 Å². The Labute approximate surface area is 180 Å². The van der Waals surface area contributed by atoms with Gasteiger partial charge in [-0.15, -0.1) is 0 Å². The summed E-state index contributed by atoms with van der Waals surface area (Å²) >= 11 is 4.40. The molecule has 2 heterocycles. The Morgan fingerprint density at radius 1 is 1.27 bits per heavy atom. The van der Waals surface area contributed by atoms with Gasteiger partial charge in [0.2, 0.25) is 5.13 Å².